The molecular formula is C12H12N4S. The molecule has 2 heterocycles. The SMILES string of the molecule is C=Cc1c(NC2=NCCN2)ccc2scnc12. The van der Waals surface area contributed by atoms with Gasteiger partial charge in [0, 0.05) is 12.1 Å². The van der Waals surface area contributed by atoms with E-state index in [1.54, 1.807) is 11.3 Å². The van der Waals surface area contributed by atoms with Crippen LogP contribution in [-0.4, -0.2) is 24.0 Å². The van der Waals surface area contributed by atoms with Gasteiger partial charge in [-0.15, -0.1) is 11.3 Å². The van der Waals surface area contributed by atoms with Gasteiger partial charge in [0.1, 0.15) is 0 Å². The van der Waals surface area contributed by atoms with E-state index in [-0.39, 0.29) is 0 Å². The molecule has 0 atom stereocenters. The number of aromatic nitrogens is 1. The number of anilines is 1. The van der Waals surface area contributed by atoms with Crippen molar-refractivity contribution in [3.63, 3.8) is 0 Å². The van der Waals surface area contributed by atoms with E-state index in [4.69, 9.17) is 0 Å². The van der Waals surface area contributed by atoms with Crippen molar-refractivity contribution >= 4 is 39.3 Å². The molecule has 2 aromatic rings. The van der Waals surface area contributed by atoms with Crippen LogP contribution in [0.4, 0.5) is 5.69 Å². The van der Waals surface area contributed by atoms with Gasteiger partial charge in [-0.1, -0.05) is 12.7 Å². The van der Waals surface area contributed by atoms with E-state index < -0.39 is 0 Å². The lowest BCUT2D eigenvalue weighted by molar-refractivity contribution is 0.959. The van der Waals surface area contributed by atoms with E-state index in [9.17, 15) is 0 Å². The van der Waals surface area contributed by atoms with Crippen molar-refractivity contribution in [2.75, 3.05) is 18.4 Å². The van der Waals surface area contributed by atoms with E-state index in [2.05, 4.69) is 33.3 Å². The molecule has 5 heteroatoms. The van der Waals surface area contributed by atoms with Crippen LogP contribution >= 0.6 is 11.3 Å². The van der Waals surface area contributed by atoms with Crippen molar-refractivity contribution in [2.45, 2.75) is 0 Å². The predicted octanol–water partition coefficient (Wildman–Crippen LogP) is 2.31. The van der Waals surface area contributed by atoms with Gasteiger partial charge >= 0.3 is 0 Å². The molecule has 4 nitrogen and oxygen atoms in total. The molecule has 0 amide bonds. The van der Waals surface area contributed by atoms with Crippen LogP contribution in [0.15, 0.2) is 29.2 Å². The molecule has 0 fully saturated rings. The van der Waals surface area contributed by atoms with E-state index in [1.807, 2.05) is 17.7 Å². The minimum Gasteiger partial charge on any atom is -0.354 e. The summed E-state index contributed by atoms with van der Waals surface area (Å²) in [7, 11) is 0. The van der Waals surface area contributed by atoms with Crippen LogP contribution in [-0.2, 0) is 0 Å². The number of nitrogens with zero attached hydrogens (tertiary/aromatic N) is 2. The molecule has 2 N–H and O–H groups in total. The van der Waals surface area contributed by atoms with Crippen LogP contribution in [0, 0.1) is 0 Å². The second kappa shape index (κ2) is 4.18. The molecule has 17 heavy (non-hydrogen) atoms. The zero-order chi connectivity index (χ0) is 11.7. The molecule has 0 bridgehead atoms. The summed E-state index contributed by atoms with van der Waals surface area (Å²) in [5.41, 5.74) is 4.87. The highest BCUT2D eigenvalue weighted by molar-refractivity contribution is 7.16. The summed E-state index contributed by atoms with van der Waals surface area (Å²) in [6.45, 7) is 5.58. The van der Waals surface area contributed by atoms with E-state index in [0.717, 1.165) is 35.8 Å². The Balaban J connectivity index is 2.05. The van der Waals surface area contributed by atoms with Gasteiger partial charge in [0.15, 0.2) is 5.96 Å². The van der Waals surface area contributed by atoms with E-state index >= 15 is 0 Å². The Bertz CT molecular complexity index is 600. The number of guanidine groups is 1. The highest BCUT2D eigenvalue weighted by atomic mass is 32.1. The third-order valence-corrected chi connectivity index (χ3v) is 3.47. The van der Waals surface area contributed by atoms with E-state index in [1.165, 1.54) is 4.70 Å². The normalized spacial score (nSPS) is 14.5. The average molecular weight is 244 g/mol. The minimum atomic E-state index is 0.822. The quantitative estimate of drug-likeness (QED) is 0.852. The van der Waals surface area contributed by atoms with Crippen molar-refractivity contribution < 1.29 is 0 Å². The third-order valence-electron chi connectivity index (χ3n) is 2.67. The van der Waals surface area contributed by atoms with Gasteiger partial charge in [-0.3, -0.25) is 4.99 Å². The molecule has 0 saturated heterocycles. The molecule has 0 saturated carbocycles. The number of nitrogens with one attached hydrogen (secondary N) is 2. The second-order valence-corrected chi connectivity index (χ2v) is 4.60. The number of fused-ring (bicyclic) bond motifs is 1. The topological polar surface area (TPSA) is 49.3 Å². The number of thiazole rings is 1. The first-order valence-electron chi connectivity index (χ1n) is 5.42. The Kier molecular flexibility index (Phi) is 2.53. The fourth-order valence-corrected chi connectivity index (χ4v) is 2.57. The van der Waals surface area contributed by atoms with Crippen LogP contribution in [0.2, 0.25) is 0 Å². The second-order valence-electron chi connectivity index (χ2n) is 3.71. The number of hydrogen-bond acceptors (Lipinski definition) is 5. The fraction of sp³-hybridized carbons (Fsp3) is 0.167. The fourth-order valence-electron chi connectivity index (χ4n) is 1.88. The van der Waals surface area contributed by atoms with Crippen molar-refractivity contribution in [1.29, 1.82) is 0 Å². The van der Waals surface area contributed by atoms with Gasteiger partial charge in [-0.25, -0.2) is 4.98 Å². The van der Waals surface area contributed by atoms with Gasteiger partial charge in [0.25, 0.3) is 0 Å². The molecular weight excluding hydrogens is 232 g/mol. The maximum absolute atomic E-state index is 4.37. The van der Waals surface area contributed by atoms with Gasteiger partial charge in [-0.05, 0) is 12.1 Å². The van der Waals surface area contributed by atoms with Crippen LogP contribution in [0.1, 0.15) is 5.56 Å². The average Bonchev–Trinajstić information content (AvgIpc) is 2.98. The van der Waals surface area contributed by atoms with Crippen LogP contribution < -0.4 is 10.6 Å². The summed E-state index contributed by atoms with van der Waals surface area (Å²) in [4.78, 5) is 8.69. The highest BCUT2D eigenvalue weighted by Crippen LogP contribution is 2.28. The maximum atomic E-state index is 4.37. The Hall–Kier alpha value is -1.88. The van der Waals surface area contributed by atoms with Crippen LogP contribution in [0.3, 0.4) is 0 Å². The van der Waals surface area contributed by atoms with Gasteiger partial charge in [-0.2, -0.15) is 0 Å². The standard InChI is InChI=1S/C12H12N4S/c1-2-8-9(16-12-13-5-6-14-12)3-4-10-11(8)15-7-17-10/h2-4,7H,1,5-6H2,(H2,13,14,16). The zero-order valence-electron chi connectivity index (χ0n) is 9.23. The molecule has 0 aliphatic carbocycles. The zero-order valence-corrected chi connectivity index (χ0v) is 10.0. The van der Waals surface area contributed by atoms with Gasteiger partial charge in [0.2, 0.25) is 0 Å². The maximum Gasteiger partial charge on any atom is 0.195 e. The molecule has 0 spiro atoms. The summed E-state index contributed by atoms with van der Waals surface area (Å²) >= 11 is 1.64. The third kappa shape index (κ3) is 1.78. The van der Waals surface area contributed by atoms with Crippen molar-refractivity contribution in [2.24, 2.45) is 4.99 Å². The summed E-state index contributed by atoms with van der Waals surface area (Å²) < 4.78 is 1.17. The molecule has 0 radical (unpaired) electrons. The molecule has 1 aliphatic heterocycles. The molecule has 86 valence electrons. The molecule has 1 aromatic heterocycles. The van der Waals surface area contributed by atoms with Crippen LogP contribution in [0.5, 0.6) is 0 Å². The summed E-state index contributed by atoms with van der Waals surface area (Å²) in [6.07, 6.45) is 1.83. The molecule has 1 aliphatic rings. The lowest BCUT2D eigenvalue weighted by Crippen LogP contribution is -2.26. The van der Waals surface area contributed by atoms with Crippen molar-refractivity contribution in [3.05, 3.63) is 29.8 Å². The lowest BCUT2D eigenvalue weighted by atomic mass is 10.1. The largest absolute Gasteiger partial charge is 0.354 e. The molecule has 1 aromatic carbocycles. The summed E-state index contributed by atoms with van der Waals surface area (Å²) in [6, 6.07) is 4.11. The number of rotatable bonds is 2. The Labute approximate surface area is 103 Å². The highest BCUT2D eigenvalue weighted by Gasteiger charge is 2.10. The first-order chi connectivity index (χ1) is 8.38. The predicted molar refractivity (Wildman–Crippen MR) is 73.6 cm³/mol. The lowest BCUT2D eigenvalue weighted by Gasteiger charge is -2.10. The molecule has 0 unspecified atom stereocenters. The molecule has 3 rings (SSSR count). The Morgan fingerprint density at radius 3 is 3.18 bits per heavy atom. The van der Waals surface area contributed by atoms with E-state index in [0.29, 0.717) is 0 Å². The smallest absolute Gasteiger partial charge is 0.195 e. The number of aliphatic imine (C=N–C) groups is 1. The monoisotopic (exact) mass is 244 g/mol. The van der Waals surface area contributed by atoms with Gasteiger partial charge < -0.3 is 10.6 Å². The van der Waals surface area contributed by atoms with Crippen molar-refractivity contribution in [1.82, 2.24) is 10.3 Å². The first kappa shape index (κ1) is 10.3. The number of benzene rings is 1. The summed E-state index contributed by atoms with van der Waals surface area (Å²) in [5, 5.41) is 6.46. The number of hydrogen-bond donors (Lipinski definition) is 2. The summed E-state index contributed by atoms with van der Waals surface area (Å²) in [5.74, 6) is 0.822. The Morgan fingerprint density at radius 1 is 1.47 bits per heavy atom. The van der Waals surface area contributed by atoms with Crippen molar-refractivity contribution in [3.8, 4) is 0 Å². The minimum absolute atomic E-state index is 0.822. The van der Waals surface area contributed by atoms with Gasteiger partial charge in [0.05, 0.1) is 28.0 Å². The Morgan fingerprint density at radius 2 is 2.41 bits per heavy atom. The first-order valence-corrected chi connectivity index (χ1v) is 6.30. The van der Waals surface area contributed by atoms with Crippen LogP contribution in [0.25, 0.3) is 16.3 Å².